The van der Waals surface area contributed by atoms with Crippen LogP contribution in [0.5, 0.6) is 0 Å². The first-order chi connectivity index (χ1) is 8.31. The summed E-state index contributed by atoms with van der Waals surface area (Å²) in [6.45, 7) is 1.02. The lowest BCUT2D eigenvalue weighted by Crippen LogP contribution is -2.19. The first kappa shape index (κ1) is 13.3. The SMILES string of the molecule is CNC/C(=C/c1sccc1Br)C1CCCCC1. The summed E-state index contributed by atoms with van der Waals surface area (Å²) in [5.41, 5.74) is 1.58. The van der Waals surface area contributed by atoms with E-state index in [1.54, 1.807) is 5.57 Å². The Hall–Kier alpha value is -0.120. The Morgan fingerprint density at radius 3 is 2.82 bits per heavy atom. The van der Waals surface area contributed by atoms with Crippen LogP contribution in [0.1, 0.15) is 37.0 Å². The number of rotatable bonds is 4. The minimum Gasteiger partial charge on any atom is -0.316 e. The molecular weight excluding hydrogens is 294 g/mol. The lowest BCUT2D eigenvalue weighted by Gasteiger charge is -2.24. The summed E-state index contributed by atoms with van der Waals surface area (Å²) in [5, 5.41) is 5.46. The summed E-state index contributed by atoms with van der Waals surface area (Å²) in [4.78, 5) is 1.36. The minimum absolute atomic E-state index is 0.796. The number of nitrogens with one attached hydrogen (secondary N) is 1. The highest BCUT2D eigenvalue weighted by Gasteiger charge is 2.17. The molecule has 0 aliphatic heterocycles. The van der Waals surface area contributed by atoms with Crippen LogP contribution in [-0.4, -0.2) is 13.6 Å². The Morgan fingerprint density at radius 2 is 2.24 bits per heavy atom. The highest BCUT2D eigenvalue weighted by molar-refractivity contribution is 9.10. The van der Waals surface area contributed by atoms with Crippen molar-refractivity contribution in [3.63, 3.8) is 0 Å². The van der Waals surface area contributed by atoms with Gasteiger partial charge in [0.1, 0.15) is 0 Å². The van der Waals surface area contributed by atoms with Crippen LogP contribution in [0.2, 0.25) is 0 Å². The largest absolute Gasteiger partial charge is 0.316 e. The fraction of sp³-hybridized carbons (Fsp3) is 0.571. The van der Waals surface area contributed by atoms with Gasteiger partial charge in [-0.3, -0.25) is 0 Å². The van der Waals surface area contributed by atoms with Gasteiger partial charge in [0, 0.05) is 15.9 Å². The number of thiophene rings is 1. The van der Waals surface area contributed by atoms with E-state index in [2.05, 4.69) is 38.8 Å². The Morgan fingerprint density at radius 1 is 1.47 bits per heavy atom. The molecule has 1 heterocycles. The smallest absolute Gasteiger partial charge is 0.0412 e. The Kier molecular flexibility index (Phi) is 5.26. The molecule has 94 valence electrons. The summed E-state index contributed by atoms with van der Waals surface area (Å²) in [6.07, 6.45) is 9.36. The predicted molar refractivity (Wildman–Crippen MR) is 80.5 cm³/mol. The van der Waals surface area contributed by atoms with Gasteiger partial charge in [0.05, 0.1) is 0 Å². The Bertz CT molecular complexity index is 377. The number of hydrogen-bond acceptors (Lipinski definition) is 2. The van der Waals surface area contributed by atoms with Crippen molar-refractivity contribution in [3.8, 4) is 0 Å². The molecule has 0 aromatic carbocycles. The lowest BCUT2D eigenvalue weighted by molar-refractivity contribution is 0.398. The molecule has 1 aromatic heterocycles. The summed E-state index contributed by atoms with van der Waals surface area (Å²) < 4.78 is 1.23. The zero-order valence-corrected chi connectivity index (χ0v) is 12.7. The van der Waals surface area contributed by atoms with Crippen LogP contribution in [-0.2, 0) is 0 Å². The van der Waals surface area contributed by atoms with E-state index in [1.807, 2.05) is 18.4 Å². The molecule has 1 saturated carbocycles. The standard InChI is InChI=1S/C14H20BrNS/c1-16-10-12(11-5-3-2-4-6-11)9-14-13(15)7-8-17-14/h7-9,11,16H,2-6,10H2,1H3/b12-9-. The molecule has 0 unspecified atom stereocenters. The highest BCUT2D eigenvalue weighted by atomic mass is 79.9. The van der Waals surface area contributed by atoms with Crippen LogP contribution < -0.4 is 5.32 Å². The second kappa shape index (κ2) is 6.72. The molecule has 0 amide bonds. The Labute approximate surface area is 116 Å². The summed E-state index contributed by atoms with van der Waals surface area (Å²) in [6, 6.07) is 2.13. The number of likely N-dealkylation sites (N-methyl/N-ethyl adjacent to an activating group) is 1. The fourth-order valence-electron chi connectivity index (χ4n) is 2.57. The zero-order chi connectivity index (χ0) is 12.1. The molecule has 0 saturated heterocycles. The topological polar surface area (TPSA) is 12.0 Å². The molecule has 0 bridgehead atoms. The van der Waals surface area contributed by atoms with Crippen molar-refractivity contribution in [2.45, 2.75) is 32.1 Å². The summed E-state index contributed by atoms with van der Waals surface area (Å²) in [5.74, 6) is 0.796. The van der Waals surface area contributed by atoms with Crippen molar-refractivity contribution in [1.82, 2.24) is 5.32 Å². The Balaban J connectivity index is 2.15. The van der Waals surface area contributed by atoms with Gasteiger partial charge in [0.2, 0.25) is 0 Å². The van der Waals surface area contributed by atoms with E-state index in [1.165, 1.54) is 41.5 Å². The first-order valence-electron chi connectivity index (χ1n) is 6.39. The van der Waals surface area contributed by atoms with E-state index in [9.17, 15) is 0 Å². The second-order valence-corrected chi connectivity index (χ2v) is 6.52. The third-order valence-electron chi connectivity index (χ3n) is 3.47. The average Bonchev–Trinajstić information content (AvgIpc) is 2.76. The quantitative estimate of drug-likeness (QED) is 0.850. The number of hydrogen-bond donors (Lipinski definition) is 1. The van der Waals surface area contributed by atoms with E-state index in [-0.39, 0.29) is 0 Å². The maximum absolute atomic E-state index is 3.62. The van der Waals surface area contributed by atoms with Crippen molar-refractivity contribution in [2.75, 3.05) is 13.6 Å². The lowest BCUT2D eigenvalue weighted by atomic mass is 9.83. The van der Waals surface area contributed by atoms with Gasteiger partial charge in [-0.15, -0.1) is 11.3 Å². The molecule has 1 aliphatic carbocycles. The molecule has 1 fully saturated rings. The van der Waals surface area contributed by atoms with Gasteiger partial charge >= 0.3 is 0 Å². The molecular formula is C14H20BrNS. The second-order valence-electron chi connectivity index (χ2n) is 4.72. The third-order valence-corrected chi connectivity index (χ3v) is 5.29. The van der Waals surface area contributed by atoms with E-state index < -0.39 is 0 Å². The van der Waals surface area contributed by atoms with Crippen LogP contribution in [0, 0.1) is 5.92 Å². The van der Waals surface area contributed by atoms with Crippen molar-refractivity contribution < 1.29 is 0 Å². The molecule has 1 aliphatic rings. The van der Waals surface area contributed by atoms with Crippen molar-refractivity contribution >= 4 is 33.3 Å². The van der Waals surface area contributed by atoms with Gasteiger partial charge in [0.15, 0.2) is 0 Å². The fourth-order valence-corrected chi connectivity index (χ4v) is 4.02. The molecule has 0 radical (unpaired) electrons. The molecule has 0 atom stereocenters. The molecule has 1 nitrogen and oxygen atoms in total. The van der Waals surface area contributed by atoms with Crippen molar-refractivity contribution in [2.24, 2.45) is 5.92 Å². The van der Waals surface area contributed by atoms with Gasteiger partial charge in [-0.1, -0.05) is 24.8 Å². The van der Waals surface area contributed by atoms with E-state index in [0.717, 1.165) is 12.5 Å². The molecule has 17 heavy (non-hydrogen) atoms. The summed E-state index contributed by atoms with van der Waals surface area (Å²) >= 11 is 5.43. The van der Waals surface area contributed by atoms with Gasteiger partial charge < -0.3 is 5.32 Å². The van der Waals surface area contributed by atoms with Crippen LogP contribution in [0.4, 0.5) is 0 Å². The highest BCUT2D eigenvalue weighted by Crippen LogP contribution is 2.33. The third kappa shape index (κ3) is 3.67. The molecule has 1 aromatic rings. The normalized spacial score (nSPS) is 18.6. The van der Waals surface area contributed by atoms with Gasteiger partial charge in [-0.25, -0.2) is 0 Å². The van der Waals surface area contributed by atoms with Crippen LogP contribution in [0.15, 0.2) is 21.5 Å². The van der Waals surface area contributed by atoms with Crippen LogP contribution in [0.25, 0.3) is 6.08 Å². The maximum Gasteiger partial charge on any atom is 0.0412 e. The van der Waals surface area contributed by atoms with Gasteiger partial charge in [-0.05, 0) is 59.3 Å². The average molecular weight is 314 g/mol. The zero-order valence-electron chi connectivity index (χ0n) is 10.3. The monoisotopic (exact) mass is 313 g/mol. The predicted octanol–water partition coefficient (Wildman–Crippen LogP) is 4.69. The summed E-state index contributed by atoms with van der Waals surface area (Å²) in [7, 11) is 2.04. The van der Waals surface area contributed by atoms with Crippen LogP contribution >= 0.6 is 27.3 Å². The molecule has 2 rings (SSSR count). The molecule has 0 spiro atoms. The van der Waals surface area contributed by atoms with Crippen molar-refractivity contribution in [1.29, 1.82) is 0 Å². The van der Waals surface area contributed by atoms with Gasteiger partial charge in [-0.2, -0.15) is 0 Å². The van der Waals surface area contributed by atoms with Crippen LogP contribution in [0.3, 0.4) is 0 Å². The number of halogens is 1. The van der Waals surface area contributed by atoms with E-state index in [4.69, 9.17) is 0 Å². The van der Waals surface area contributed by atoms with Crippen molar-refractivity contribution in [3.05, 3.63) is 26.4 Å². The molecule has 3 heteroatoms. The minimum atomic E-state index is 0.796. The maximum atomic E-state index is 3.62. The van der Waals surface area contributed by atoms with E-state index in [0.29, 0.717) is 0 Å². The van der Waals surface area contributed by atoms with E-state index >= 15 is 0 Å². The molecule has 1 N–H and O–H groups in total. The first-order valence-corrected chi connectivity index (χ1v) is 8.06. The van der Waals surface area contributed by atoms with Gasteiger partial charge in [0.25, 0.3) is 0 Å².